The number of amides is 4. The average Bonchev–Trinajstić information content (AvgIpc) is 2.27. The van der Waals surface area contributed by atoms with Gasteiger partial charge in [0.05, 0.1) is 0 Å². The van der Waals surface area contributed by atoms with Crippen molar-refractivity contribution in [1.29, 1.82) is 0 Å². The fourth-order valence-corrected chi connectivity index (χ4v) is 0.860. The Morgan fingerprint density at radius 3 is 2.20 bits per heavy atom. The van der Waals surface area contributed by atoms with Gasteiger partial charge in [-0.25, -0.2) is 20.4 Å². The minimum absolute atomic E-state index is 0.488. The first-order valence-electron chi connectivity index (χ1n) is 4.32. The van der Waals surface area contributed by atoms with Gasteiger partial charge in [0.2, 0.25) is 0 Å². The van der Waals surface area contributed by atoms with E-state index < -0.39 is 12.1 Å². The van der Waals surface area contributed by atoms with Crippen molar-refractivity contribution < 1.29 is 9.59 Å². The monoisotopic (exact) mass is 208 g/mol. The predicted octanol–water partition coefficient (Wildman–Crippen LogP) is 0.652. The molecule has 4 amide bonds. The number of rotatable bonds is 1. The normalized spacial score (nSPS) is 8.87. The van der Waals surface area contributed by atoms with Crippen LogP contribution < -0.4 is 21.5 Å². The van der Waals surface area contributed by atoms with Crippen molar-refractivity contribution in [3.63, 3.8) is 0 Å². The lowest BCUT2D eigenvalue weighted by atomic mass is 10.3. The van der Waals surface area contributed by atoms with Crippen molar-refractivity contribution >= 4 is 17.7 Å². The third-order valence-electron chi connectivity index (χ3n) is 1.55. The van der Waals surface area contributed by atoms with E-state index in [1.807, 2.05) is 6.07 Å². The van der Waals surface area contributed by atoms with Gasteiger partial charge in [0.15, 0.2) is 0 Å². The predicted molar refractivity (Wildman–Crippen MR) is 56.2 cm³/mol. The molecule has 0 aliphatic rings. The molecule has 0 atom stereocenters. The number of para-hydroxylation sites is 1. The molecule has 0 bridgehead atoms. The molecule has 6 nitrogen and oxygen atoms in total. The summed E-state index contributed by atoms with van der Waals surface area (Å²) >= 11 is 0. The molecule has 0 saturated heterocycles. The summed E-state index contributed by atoms with van der Waals surface area (Å²) in [6.45, 7) is 0. The van der Waals surface area contributed by atoms with E-state index in [0.29, 0.717) is 5.69 Å². The highest BCUT2D eigenvalue weighted by atomic mass is 16.2. The van der Waals surface area contributed by atoms with Crippen LogP contribution in [-0.2, 0) is 0 Å². The first-order valence-corrected chi connectivity index (χ1v) is 4.32. The first kappa shape index (κ1) is 10.8. The van der Waals surface area contributed by atoms with Crippen LogP contribution in [0.25, 0.3) is 0 Å². The molecule has 0 unspecified atom stereocenters. The van der Waals surface area contributed by atoms with Crippen LogP contribution in [0.2, 0.25) is 0 Å². The lowest BCUT2D eigenvalue weighted by molar-refractivity contribution is 0.231. The molecule has 6 heteroatoms. The summed E-state index contributed by atoms with van der Waals surface area (Å²) in [6.07, 6.45) is 0. The molecule has 0 radical (unpaired) electrons. The fraction of sp³-hybridized carbons (Fsp3) is 0.111. The van der Waals surface area contributed by atoms with E-state index in [9.17, 15) is 9.59 Å². The lowest BCUT2D eigenvalue weighted by Gasteiger charge is -2.07. The fourth-order valence-electron chi connectivity index (χ4n) is 0.860. The maximum absolute atomic E-state index is 11.2. The molecule has 0 saturated carbocycles. The zero-order chi connectivity index (χ0) is 11.1. The van der Waals surface area contributed by atoms with Gasteiger partial charge in [-0.05, 0) is 12.1 Å². The minimum atomic E-state index is -0.509. The van der Waals surface area contributed by atoms with Crippen molar-refractivity contribution in [2.75, 3.05) is 12.4 Å². The SMILES string of the molecule is CNC(=O)NNC(=O)Nc1ccccc1. The molecule has 80 valence electrons. The van der Waals surface area contributed by atoms with E-state index in [-0.39, 0.29) is 0 Å². The number of nitrogens with one attached hydrogen (secondary N) is 4. The second-order valence-corrected chi connectivity index (χ2v) is 2.65. The molecule has 0 fully saturated rings. The van der Waals surface area contributed by atoms with Crippen LogP contribution in [0.15, 0.2) is 30.3 Å². The molecule has 0 aliphatic carbocycles. The minimum Gasteiger partial charge on any atom is -0.340 e. The van der Waals surface area contributed by atoms with Crippen LogP contribution in [-0.4, -0.2) is 19.1 Å². The van der Waals surface area contributed by atoms with Crippen molar-refractivity contribution in [1.82, 2.24) is 16.2 Å². The number of hydrogen-bond acceptors (Lipinski definition) is 2. The number of carbonyl (C=O) groups excluding carboxylic acids is 2. The van der Waals surface area contributed by atoms with Crippen LogP contribution in [0.1, 0.15) is 0 Å². The van der Waals surface area contributed by atoms with E-state index in [1.165, 1.54) is 7.05 Å². The Balaban J connectivity index is 2.34. The number of benzene rings is 1. The molecule has 0 aromatic heterocycles. The van der Waals surface area contributed by atoms with Crippen LogP contribution in [0.3, 0.4) is 0 Å². The average molecular weight is 208 g/mol. The summed E-state index contributed by atoms with van der Waals surface area (Å²) < 4.78 is 0. The number of carbonyl (C=O) groups is 2. The molecule has 4 N–H and O–H groups in total. The van der Waals surface area contributed by atoms with Gasteiger partial charge < -0.3 is 10.6 Å². The van der Waals surface area contributed by atoms with Crippen LogP contribution in [0.5, 0.6) is 0 Å². The summed E-state index contributed by atoms with van der Waals surface area (Å²) in [6, 6.07) is 7.90. The molecule has 1 rings (SSSR count). The van der Waals surface area contributed by atoms with Gasteiger partial charge in [-0.2, -0.15) is 0 Å². The highest BCUT2D eigenvalue weighted by molar-refractivity contribution is 5.90. The van der Waals surface area contributed by atoms with E-state index >= 15 is 0 Å². The molecule has 0 heterocycles. The van der Waals surface area contributed by atoms with Gasteiger partial charge in [0, 0.05) is 12.7 Å². The first-order chi connectivity index (χ1) is 7.22. The zero-order valence-corrected chi connectivity index (χ0v) is 8.20. The second-order valence-electron chi connectivity index (χ2n) is 2.65. The van der Waals surface area contributed by atoms with E-state index in [4.69, 9.17) is 0 Å². The molecule has 15 heavy (non-hydrogen) atoms. The maximum atomic E-state index is 11.2. The van der Waals surface area contributed by atoms with Gasteiger partial charge in [-0.15, -0.1) is 0 Å². The van der Waals surface area contributed by atoms with Crippen molar-refractivity contribution in [2.45, 2.75) is 0 Å². The van der Waals surface area contributed by atoms with E-state index in [2.05, 4.69) is 21.5 Å². The number of hydrazine groups is 1. The quantitative estimate of drug-likeness (QED) is 0.511. The Hall–Kier alpha value is -2.24. The van der Waals surface area contributed by atoms with Gasteiger partial charge in [-0.1, -0.05) is 18.2 Å². The van der Waals surface area contributed by atoms with Crippen LogP contribution >= 0.6 is 0 Å². The standard InChI is InChI=1S/C9H12N4O2/c1-10-8(14)12-13-9(15)11-7-5-3-2-4-6-7/h2-6H,1H3,(H2,10,12,14)(H2,11,13,15). The second kappa shape index (κ2) is 5.48. The smallest absolute Gasteiger partial charge is 0.337 e. The summed E-state index contributed by atoms with van der Waals surface area (Å²) in [5.74, 6) is 0. The van der Waals surface area contributed by atoms with Crippen molar-refractivity contribution in [3.05, 3.63) is 30.3 Å². The van der Waals surface area contributed by atoms with Crippen molar-refractivity contribution in [3.8, 4) is 0 Å². The molecule has 0 aliphatic heterocycles. The third kappa shape index (κ3) is 3.99. The zero-order valence-electron chi connectivity index (χ0n) is 8.20. The van der Waals surface area contributed by atoms with Crippen LogP contribution in [0.4, 0.5) is 15.3 Å². The van der Waals surface area contributed by atoms with Gasteiger partial charge in [0.25, 0.3) is 0 Å². The van der Waals surface area contributed by atoms with Gasteiger partial charge in [0.1, 0.15) is 0 Å². The summed E-state index contributed by atoms with van der Waals surface area (Å²) in [7, 11) is 1.45. The Bertz CT molecular complexity index is 339. The molecule has 1 aromatic carbocycles. The summed E-state index contributed by atoms with van der Waals surface area (Å²) in [5.41, 5.74) is 4.96. The highest BCUT2D eigenvalue weighted by Crippen LogP contribution is 2.03. The topological polar surface area (TPSA) is 82.3 Å². The largest absolute Gasteiger partial charge is 0.340 e. The van der Waals surface area contributed by atoms with Gasteiger partial charge in [-0.3, -0.25) is 0 Å². The third-order valence-corrected chi connectivity index (χ3v) is 1.55. The molecular formula is C9H12N4O2. The summed E-state index contributed by atoms with van der Waals surface area (Å²) in [4.78, 5) is 21.9. The molecular weight excluding hydrogens is 196 g/mol. The Kier molecular flexibility index (Phi) is 3.96. The number of hydrogen-bond donors (Lipinski definition) is 4. The Morgan fingerprint density at radius 2 is 1.60 bits per heavy atom. The highest BCUT2D eigenvalue weighted by Gasteiger charge is 2.01. The number of anilines is 1. The summed E-state index contributed by atoms with van der Waals surface area (Å²) in [5, 5.41) is 4.82. The van der Waals surface area contributed by atoms with Crippen LogP contribution in [0, 0.1) is 0 Å². The van der Waals surface area contributed by atoms with E-state index in [1.54, 1.807) is 24.3 Å². The Labute approximate surface area is 87.0 Å². The maximum Gasteiger partial charge on any atom is 0.337 e. The van der Waals surface area contributed by atoms with Gasteiger partial charge >= 0.3 is 12.1 Å². The van der Waals surface area contributed by atoms with Crippen molar-refractivity contribution in [2.24, 2.45) is 0 Å². The molecule has 1 aromatic rings. The molecule has 0 spiro atoms. The van der Waals surface area contributed by atoms with E-state index in [0.717, 1.165) is 0 Å². The number of urea groups is 2. The Morgan fingerprint density at radius 1 is 1.00 bits per heavy atom. The lowest BCUT2D eigenvalue weighted by Crippen LogP contribution is -2.47.